The molecule has 2 amide bonds. The van der Waals surface area contributed by atoms with Gasteiger partial charge < -0.3 is 10.6 Å². The Morgan fingerprint density at radius 3 is 2.54 bits per heavy atom. The van der Waals surface area contributed by atoms with Gasteiger partial charge in [0.05, 0.1) is 11.3 Å². The minimum absolute atomic E-state index is 0.0183. The van der Waals surface area contributed by atoms with Crippen molar-refractivity contribution < 1.29 is 14.0 Å². The van der Waals surface area contributed by atoms with Gasteiger partial charge in [-0.25, -0.2) is 4.39 Å². The molecule has 0 bridgehead atoms. The van der Waals surface area contributed by atoms with Crippen molar-refractivity contribution in [3.8, 4) is 0 Å². The minimum Gasteiger partial charge on any atom is -0.348 e. The van der Waals surface area contributed by atoms with E-state index in [-0.39, 0.29) is 17.4 Å². The zero-order chi connectivity index (χ0) is 17.1. The Labute approximate surface area is 140 Å². The molecule has 0 spiro atoms. The summed E-state index contributed by atoms with van der Waals surface area (Å²) < 4.78 is 13.5. The summed E-state index contributed by atoms with van der Waals surface area (Å²) in [5, 5.41) is 5.50. The maximum atomic E-state index is 13.5. The molecule has 24 heavy (non-hydrogen) atoms. The molecule has 5 heteroatoms. The molecule has 2 aromatic rings. The van der Waals surface area contributed by atoms with Crippen molar-refractivity contribution in [2.75, 3.05) is 5.32 Å². The summed E-state index contributed by atoms with van der Waals surface area (Å²) in [6.45, 7) is 2.34. The third-order valence-electron chi connectivity index (χ3n) is 4.23. The van der Waals surface area contributed by atoms with Gasteiger partial charge in [-0.15, -0.1) is 0 Å². The zero-order valence-corrected chi connectivity index (χ0v) is 13.4. The van der Waals surface area contributed by atoms with E-state index in [1.807, 2.05) is 37.3 Å². The van der Waals surface area contributed by atoms with E-state index in [9.17, 15) is 14.0 Å². The van der Waals surface area contributed by atoms with Gasteiger partial charge in [0.25, 0.3) is 5.91 Å². The Kier molecular flexibility index (Phi) is 4.60. The molecule has 0 radical (unpaired) electrons. The summed E-state index contributed by atoms with van der Waals surface area (Å²) in [6, 6.07) is 13.2. The predicted octanol–water partition coefficient (Wildman–Crippen LogP) is 3.35. The number of hydrogen-bond donors (Lipinski definition) is 2. The zero-order valence-electron chi connectivity index (χ0n) is 13.4. The highest BCUT2D eigenvalue weighted by Crippen LogP contribution is 2.38. The van der Waals surface area contributed by atoms with Crippen LogP contribution in [0, 0.1) is 17.7 Å². The normalized spacial score (nSPS) is 18.8. The maximum absolute atomic E-state index is 13.5. The van der Waals surface area contributed by atoms with Crippen molar-refractivity contribution in [2.45, 2.75) is 19.9 Å². The Hall–Kier alpha value is -2.69. The molecule has 4 nitrogen and oxygen atoms in total. The number of carbonyl (C=O) groups is 2. The second-order valence-electron chi connectivity index (χ2n) is 6.17. The third kappa shape index (κ3) is 3.79. The van der Waals surface area contributed by atoms with Crippen LogP contribution in [0.3, 0.4) is 0 Å². The first kappa shape index (κ1) is 16.2. The minimum atomic E-state index is -0.516. The lowest BCUT2D eigenvalue weighted by atomic mass is 10.1. The molecule has 2 N–H and O–H groups in total. The molecule has 0 unspecified atom stereocenters. The Bertz CT molecular complexity index is 761. The summed E-state index contributed by atoms with van der Waals surface area (Å²) in [5.74, 6) is -0.711. The van der Waals surface area contributed by atoms with Crippen molar-refractivity contribution in [1.29, 1.82) is 0 Å². The van der Waals surface area contributed by atoms with Crippen LogP contribution in [0.25, 0.3) is 0 Å². The van der Waals surface area contributed by atoms with Crippen LogP contribution in [0.5, 0.6) is 0 Å². The van der Waals surface area contributed by atoms with E-state index in [0.29, 0.717) is 18.2 Å². The average Bonchev–Trinajstić information content (AvgIpc) is 3.32. The van der Waals surface area contributed by atoms with Crippen LogP contribution in [0.4, 0.5) is 10.1 Å². The van der Waals surface area contributed by atoms with Crippen molar-refractivity contribution in [2.24, 2.45) is 11.8 Å². The SMILES string of the molecule is C[C@H]1C[C@H]1C(=O)Nc1ccc(F)cc1C(=O)NCc1ccccc1. The van der Waals surface area contributed by atoms with Gasteiger partial charge in [0.1, 0.15) is 5.82 Å². The average molecular weight is 326 g/mol. The number of halogens is 1. The van der Waals surface area contributed by atoms with Crippen LogP contribution in [0.1, 0.15) is 29.3 Å². The van der Waals surface area contributed by atoms with Gasteiger partial charge in [0.2, 0.25) is 5.91 Å². The largest absolute Gasteiger partial charge is 0.348 e. The topological polar surface area (TPSA) is 58.2 Å². The second-order valence-corrected chi connectivity index (χ2v) is 6.17. The van der Waals surface area contributed by atoms with Crippen molar-refractivity contribution in [1.82, 2.24) is 5.32 Å². The first-order chi connectivity index (χ1) is 11.5. The second kappa shape index (κ2) is 6.83. The van der Waals surface area contributed by atoms with E-state index in [4.69, 9.17) is 0 Å². The van der Waals surface area contributed by atoms with Crippen molar-refractivity contribution in [3.05, 3.63) is 65.5 Å². The van der Waals surface area contributed by atoms with Gasteiger partial charge in [0.15, 0.2) is 0 Å². The quantitative estimate of drug-likeness (QED) is 0.885. The third-order valence-corrected chi connectivity index (χ3v) is 4.23. The van der Waals surface area contributed by atoms with E-state index in [1.54, 1.807) is 0 Å². The highest BCUT2D eigenvalue weighted by Gasteiger charge is 2.39. The van der Waals surface area contributed by atoms with Crippen LogP contribution in [-0.4, -0.2) is 11.8 Å². The van der Waals surface area contributed by atoms with Crippen molar-refractivity contribution >= 4 is 17.5 Å². The van der Waals surface area contributed by atoms with Gasteiger partial charge in [-0.2, -0.15) is 0 Å². The fraction of sp³-hybridized carbons (Fsp3) is 0.263. The fourth-order valence-corrected chi connectivity index (χ4v) is 2.60. The molecule has 1 saturated carbocycles. The van der Waals surface area contributed by atoms with Crippen molar-refractivity contribution in [3.63, 3.8) is 0 Å². The Morgan fingerprint density at radius 1 is 1.17 bits per heavy atom. The molecular weight excluding hydrogens is 307 g/mol. The van der Waals surface area contributed by atoms with Gasteiger partial charge in [-0.1, -0.05) is 37.3 Å². The predicted molar refractivity (Wildman–Crippen MR) is 89.9 cm³/mol. The van der Waals surface area contributed by atoms with E-state index in [1.165, 1.54) is 12.1 Å². The monoisotopic (exact) mass is 326 g/mol. The standard InChI is InChI=1S/C19H19FN2O2/c1-12-9-15(12)19(24)22-17-8-7-14(20)10-16(17)18(23)21-11-13-5-3-2-4-6-13/h2-8,10,12,15H,9,11H2,1H3,(H,21,23)(H,22,24)/t12-,15+/m0/s1. The summed E-state index contributed by atoms with van der Waals surface area (Å²) in [6.07, 6.45) is 0.850. The van der Waals surface area contributed by atoms with Crippen LogP contribution >= 0.6 is 0 Å². The first-order valence-corrected chi connectivity index (χ1v) is 7.97. The van der Waals surface area contributed by atoms with Gasteiger partial charge in [-0.3, -0.25) is 9.59 Å². The number of benzene rings is 2. The molecule has 1 aliphatic rings. The highest BCUT2D eigenvalue weighted by atomic mass is 19.1. The highest BCUT2D eigenvalue weighted by molar-refractivity contribution is 6.04. The molecular formula is C19H19FN2O2. The number of amides is 2. The molecule has 1 fully saturated rings. The molecule has 0 aromatic heterocycles. The van der Waals surface area contributed by atoms with Crippen LogP contribution in [0.15, 0.2) is 48.5 Å². The number of nitrogens with one attached hydrogen (secondary N) is 2. The molecule has 0 heterocycles. The molecule has 3 rings (SSSR count). The van der Waals surface area contributed by atoms with E-state index >= 15 is 0 Å². The molecule has 0 aliphatic heterocycles. The van der Waals surface area contributed by atoms with Crippen LogP contribution in [0.2, 0.25) is 0 Å². The fourth-order valence-electron chi connectivity index (χ4n) is 2.60. The van der Waals surface area contributed by atoms with E-state index in [0.717, 1.165) is 18.1 Å². The molecule has 0 saturated heterocycles. The molecule has 2 atom stereocenters. The lowest BCUT2D eigenvalue weighted by molar-refractivity contribution is -0.117. The summed E-state index contributed by atoms with van der Waals surface area (Å²) in [4.78, 5) is 24.5. The van der Waals surface area contributed by atoms with E-state index < -0.39 is 11.7 Å². The number of anilines is 1. The van der Waals surface area contributed by atoms with Gasteiger partial charge >= 0.3 is 0 Å². The Balaban J connectivity index is 1.72. The summed E-state index contributed by atoms with van der Waals surface area (Å²) in [5.41, 5.74) is 1.42. The lowest BCUT2D eigenvalue weighted by Crippen LogP contribution is -2.25. The van der Waals surface area contributed by atoms with Crippen LogP contribution in [-0.2, 0) is 11.3 Å². The molecule has 2 aromatic carbocycles. The smallest absolute Gasteiger partial charge is 0.253 e. The maximum Gasteiger partial charge on any atom is 0.253 e. The number of hydrogen-bond acceptors (Lipinski definition) is 2. The summed E-state index contributed by atoms with van der Waals surface area (Å²) in [7, 11) is 0. The lowest BCUT2D eigenvalue weighted by Gasteiger charge is -2.12. The first-order valence-electron chi connectivity index (χ1n) is 7.97. The van der Waals surface area contributed by atoms with Gasteiger partial charge in [-0.05, 0) is 36.1 Å². The van der Waals surface area contributed by atoms with Crippen LogP contribution < -0.4 is 10.6 Å². The Morgan fingerprint density at radius 2 is 1.88 bits per heavy atom. The summed E-state index contributed by atoms with van der Waals surface area (Å²) >= 11 is 0. The number of carbonyl (C=O) groups excluding carboxylic acids is 2. The number of rotatable bonds is 5. The molecule has 1 aliphatic carbocycles. The van der Waals surface area contributed by atoms with E-state index in [2.05, 4.69) is 10.6 Å². The molecule has 124 valence electrons. The van der Waals surface area contributed by atoms with Gasteiger partial charge in [0, 0.05) is 12.5 Å².